The molecule has 0 heterocycles. The van der Waals surface area contributed by atoms with Gasteiger partial charge in [-0.2, -0.15) is 43.9 Å². The molecule has 0 atom stereocenters. The SMILES string of the molecule is Nc1ccc(C(COC(=O)/C=C/c2ccc(C(F)(F)Oc3ccc(OCCCC(F)(F)F)cc3F)cc2)COC(=O)/C=C/c2ccc(C(F)(F)Oc3ccc(OCCCC(F)(F)F)cc3F)cc2)c(N)c1. The van der Waals surface area contributed by atoms with Gasteiger partial charge >= 0.3 is 36.5 Å². The van der Waals surface area contributed by atoms with E-state index in [1.165, 1.54) is 54.6 Å². The van der Waals surface area contributed by atoms with Crippen LogP contribution in [0.3, 0.4) is 0 Å². The number of esters is 2. The number of ether oxygens (including phenoxy) is 6. The van der Waals surface area contributed by atoms with E-state index < -0.39 is 102 Å². The van der Waals surface area contributed by atoms with E-state index in [0.29, 0.717) is 23.4 Å². The molecule has 0 saturated carbocycles. The number of nitrogens with two attached hydrogens (primary N) is 2. The van der Waals surface area contributed by atoms with Crippen molar-refractivity contribution in [2.24, 2.45) is 0 Å². The largest absolute Gasteiger partial charge is 0.493 e. The average Bonchev–Trinajstić information content (AvgIpc) is 3.29. The molecule has 5 aromatic rings. The molecule has 5 rings (SSSR count). The van der Waals surface area contributed by atoms with Gasteiger partial charge in [0.1, 0.15) is 24.7 Å². The van der Waals surface area contributed by atoms with Crippen molar-refractivity contribution in [3.05, 3.63) is 155 Å². The number of hydrogen-bond donors (Lipinski definition) is 2. The summed E-state index contributed by atoms with van der Waals surface area (Å²) < 4.78 is 193. The van der Waals surface area contributed by atoms with Crippen LogP contribution >= 0.6 is 0 Å². The molecule has 380 valence electrons. The lowest BCUT2D eigenvalue weighted by molar-refractivity contribution is -0.187. The Bertz CT molecular complexity index is 2480. The molecule has 22 heteroatoms. The van der Waals surface area contributed by atoms with Gasteiger partial charge in [-0.3, -0.25) is 0 Å². The van der Waals surface area contributed by atoms with Crippen LogP contribution in [0.2, 0.25) is 0 Å². The molecule has 0 aromatic heterocycles. The van der Waals surface area contributed by atoms with E-state index in [2.05, 4.69) is 9.47 Å². The lowest BCUT2D eigenvalue weighted by Gasteiger charge is -2.19. The van der Waals surface area contributed by atoms with Gasteiger partial charge in [-0.25, -0.2) is 18.4 Å². The molecule has 10 nitrogen and oxygen atoms in total. The zero-order chi connectivity index (χ0) is 52.0. The number of anilines is 2. The maximum atomic E-state index is 15.0. The summed E-state index contributed by atoms with van der Waals surface area (Å²) in [7, 11) is 0. The predicted octanol–water partition coefficient (Wildman–Crippen LogP) is 12.4. The van der Waals surface area contributed by atoms with Gasteiger partial charge < -0.3 is 39.9 Å². The van der Waals surface area contributed by atoms with Crippen molar-refractivity contribution < 1.29 is 90.7 Å². The Hall–Kier alpha value is -7.52. The molecule has 0 bridgehead atoms. The standard InChI is InChI=1S/C49H42F12N2O8/c50-39-26-36(66-23-1-21-46(52,53)54)14-17-42(39)70-48(58,59)33-9-3-30(4-10-33)7-19-44(64)68-28-32(38-16-13-35(62)25-41(38)63)29-69-45(65)20-8-31-5-11-34(12-6-31)49(60,61)71-43-18-15-37(27-40(43)51)67-24-2-22-47(55,56)57/h3-20,25-27,32H,1-2,21-24,28-29,62-63H2/b19-7+,20-8+. The number of hydrogen-bond acceptors (Lipinski definition) is 10. The van der Waals surface area contributed by atoms with Gasteiger partial charge in [0.15, 0.2) is 23.1 Å². The van der Waals surface area contributed by atoms with Crippen LogP contribution in [-0.4, -0.2) is 50.7 Å². The maximum Gasteiger partial charge on any atom is 0.426 e. The van der Waals surface area contributed by atoms with Gasteiger partial charge in [0.25, 0.3) is 0 Å². The molecule has 0 fully saturated rings. The van der Waals surface area contributed by atoms with Crippen LogP contribution in [0, 0.1) is 11.6 Å². The Balaban J connectivity index is 1.12. The monoisotopic (exact) mass is 1010 g/mol. The van der Waals surface area contributed by atoms with E-state index in [1.807, 2.05) is 0 Å². The summed E-state index contributed by atoms with van der Waals surface area (Å²) in [6.45, 7) is -1.55. The van der Waals surface area contributed by atoms with Gasteiger partial charge in [-0.15, -0.1) is 0 Å². The number of benzene rings is 5. The minimum Gasteiger partial charge on any atom is -0.493 e. The van der Waals surface area contributed by atoms with E-state index in [1.54, 1.807) is 0 Å². The molecule has 71 heavy (non-hydrogen) atoms. The van der Waals surface area contributed by atoms with Gasteiger partial charge in [0, 0.05) is 48.5 Å². The highest BCUT2D eigenvalue weighted by Crippen LogP contribution is 2.36. The van der Waals surface area contributed by atoms with Crippen molar-refractivity contribution in [1.29, 1.82) is 0 Å². The topological polar surface area (TPSA) is 142 Å². The number of nitrogen functional groups attached to an aromatic ring is 2. The molecule has 0 aliphatic carbocycles. The Morgan fingerprint density at radius 2 is 0.944 bits per heavy atom. The smallest absolute Gasteiger partial charge is 0.426 e. The summed E-state index contributed by atoms with van der Waals surface area (Å²) in [5, 5.41) is 0. The summed E-state index contributed by atoms with van der Waals surface area (Å²) in [4.78, 5) is 25.5. The molecule has 0 spiro atoms. The van der Waals surface area contributed by atoms with Crippen LogP contribution < -0.4 is 30.4 Å². The fourth-order valence-corrected chi connectivity index (χ4v) is 6.19. The number of carbonyl (C=O) groups excluding carboxylic acids is 2. The van der Waals surface area contributed by atoms with Crippen LogP contribution in [-0.2, 0) is 31.3 Å². The summed E-state index contributed by atoms with van der Waals surface area (Å²) in [5.41, 5.74) is 12.0. The first-order valence-corrected chi connectivity index (χ1v) is 21.0. The number of carbonyl (C=O) groups is 2. The van der Waals surface area contributed by atoms with Crippen molar-refractivity contribution in [2.75, 3.05) is 37.9 Å². The summed E-state index contributed by atoms with van der Waals surface area (Å²) in [6.07, 6.45) is -15.5. The number of alkyl halides is 10. The first-order chi connectivity index (χ1) is 33.4. The van der Waals surface area contributed by atoms with Gasteiger partial charge in [0.05, 0.1) is 30.3 Å². The van der Waals surface area contributed by atoms with Crippen LogP contribution in [0.1, 0.15) is 59.4 Å². The second kappa shape index (κ2) is 23.9. The summed E-state index contributed by atoms with van der Waals surface area (Å²) in [6, 6.07) is 18.3. The summed E-state index contributed by atoms with van der Waals surface area (Å²) >= 11 is 0. The van der Waals surface area contributed by atoms with Gasteiger partial charge in [0.2, 0.25) is 0 Å². The highest BCUT2D eigenvalue weighted by molar-refractivity contribution is 5.87. The van der Waals surface area contributed by atoms with Gasteiger partial charge in [-0.05, 0) is 102 Å². The Morgan fingerprint density at radius 3 is 1.31 bits per heavy atom. The third-order valence-electron chi connectivity index (χ3n) is 9.75. The van der Waals surface area contributed by atoms with Crippen molar-refractivity contribution in [2.45, 2.75) is 56.2 Å². The normalized spacial score (nSPS) is 12.4. The second-order valence-corrected chi connectivity index (χ2v) is 15.3. The van der Waals surface area contributed by atoms with Gasteiger partial charge in [-0.1, -0.05) is 30.3 Å². The molecule has 0 radical (unpaired) electrons. The molecule has 4 N–H and O–H groups in total. The van der Waals surface area contributed by atoms with Crippen molar-refractivity contribution in [3.63, 3.8) is 0 Å². The van der Waals surface area contributed by atoms with E-state index in [0.717, 1.165) is 60.7 Å². The van der Waals surface area contributed by atoms with E-state index in [-0.39, 0.29) is 54.7 Å². The molecular weight excluding hydrogens is 973 g/mol. The lowest BCUT2D eigenvalue weighted by Crippen LogP contribution is -2.22. The van der Waals surface area contributed by atoms with E-state index in [9.17, 15) is 62.3 Å². The van der Waals surface area contributed by atoms with E-state index in [4.69, 9.17) is 30.4 Å². The average molecular weight is 1010 g/mol. The Kier molecular flexibility index (Phi) is 18.3. The fourth-order valence-electron chi connectivity index (χ4n) is 6.19. The van der Waals surface area contributed by atoms with Crippen LogP contribution in [0.4, 0.5) is 64.1 Å². The van der Waals surface area contributed by atoms with Crippen molar-refractivity contribution in [1.82, 2.24) is 0 Å². The van der Waals surface area contributed by atoms with Crippen LogP contribution in [0.25, 0.3) is 12.2 Å². The van der Waals surface area contributed by atoms with Crippen LogP contribution in [0.15, 0.2) is 115 Å². The molecule has 0 amide bonds. The highest BCUT2D eigenvalue weighted by atomic mass is 19.4. The summed E-state index contributed by atoms with van der Waals surface area (Å²) in [5.74, 6) is -7.24. The van der Waals surface area contributed by atoms with Crippen molar-refractivity contribution in [3.8, 4) is 23.0 Å². The lowest BCUT2D eigenvalue weighted by atomic mass is 9.98. The quantitative estimate of drug-likeness (QED) is 0.0213. The first-order valence-electron chi connectivity index (χ1n) is 21.0. The maximum absolute atomic E-state index is 15.0. The predicted molar refractivity (Wildman–Crippen MR) is 234 cm³/mol. The second-order valence-electron chi connectivity index (χ2n) is 15.3. The zero-order valence-electron chi connectivity index (χ0n) is 36.8. The van der Waals surface area contributed by atoms with Crippen molar-refractivity contribution >= 4 is 35.5 Å². The molecule has 0 unspecified atom stereocenters. The molecule has 0 aliphatic rings. The minimum atomic E-state index is -4.40. The minimum absolute atomic E-state index is 0.175. The van der Waals surface area contributed by atoms with E-state index >= 15 is 0 Å². The molecule has 0 aliphatic heterocycles. The molecular formula is C49H42F12N2O8. The van der Waals surface area contributed by atoms with Crippen LogP contribution in [0.5, 0.6) is 23.0 Å². The third kappa shape index (κ3) is 17.7. The Labute approximate surface area is 397 Å². The highest BCUT2D eigenvalue weighted by Gasteiger charge is 2.37. The zero-order valence-corrected chi connectivity index (χ0v) is 36.8. The third-order valence-corrected chi connectivity index (χ3v) is 9.75. The first kappa shape index (κ1) is 54.4. The Morgan fingerprint density at radius 1 is 0.535 bits per heavy atom. The molecule has 0 saturated heterocycles. The number of halogens is 12. The molecule has 5 aromatic carbocycles. The fraction of sp³-hybridized carbons (Fsp3) is 0.265. The number of rotatable bonds is 23.